The Bertz CT molecular complexity index is 996. The number of hydrogen-bond donors (Lipinski definition) is 3. The first kappa shape index (κ1) is 24.7. The second-order valence-electron chi connectivity index (χ2n) is 9.72. The van der Waals surface area contributed by atoms with E-state index < -0.39 is 29.6 Å². The predicted molar refractivity (Wildman–Crippen MR) is 122 cm³/mol. The summed E-state index contributed by atoms with van der Waals surface area (Å²) in [6.45, 7) is 5.87. The van der Waals surface area contributed by atoms with Gasteiger partial charge < -0.3 is 15.5 Å². The van der Waals surface area contributed by atoms with Crippen LogP contribution in [0.4, 0.5) is 0 Å². The molecule has 3 rings (SSSR count). The summed E-state index contributed by atoms with van der Waals surface area (Å²) in [5, 5.41) is 31.6. The Morgan fingerprint density at radius 2 is 2.06 bits per heavy atom. The fourth-order valence-corrected chi connectivity index (χ4v) is 4.36. The predicted octanol–water partition coefficient (Wildman–Crippen LogP) is 1.94. The number of aliphatic hydroxyl groups excluding tert-OH is 2. The van der Waals surface area contributed by atoms with Gasteiger partial charge in [0.2, 0.25) is 5.91 Å². The third kappa shape index (κ3) is 6.33. The molecule has 0 bridgehead atoms. The van der Waals surface area contributed by atoms with Gasteiger partial charge in [0.05, 0.1) is 23.4 Å². The second kappa shape index (κ2) is 10.4. The van der Waals surface area contributed by atoms with Crippen molar-refractivity contribution in [1.29, 1.82) is 0 Å². The lowest BCUT2D eigenvalue weighted by Gasteiger charge is -2.30. The third-order valence-electron chi connectivity index (χ3n) is 5.82. The first-order valence-electron chi connectivity index (χ1n) is 11.2. The normalized spacial score (nSPS) is 20.6. The molecule has 2 heterocycles. The van der Waals surface area contributed by atoms with Gasteiger partial charge in [-0.2, -0.15) is 0 Å². The molecule has 9 heteroatoms. The van der Waals surface area contributed by atoms with E-state index in [1.54, 1.807) is 42.3 Å². The van der Waals surface area contributed by atoms with Gasteiger partial charge in [0.1, 0.15) is 12.1 Å². The van der Waals surface area contributed by atoms with Crippen molar-refractivity contribution in [3.63, 3.8) is 0 Å². The van der Waals surface area contributed by atoms with Crippen LogP contribution in [0.2, 0.25) is 0 Å². The number of rotatable bonds is 8. The zero-order valence-electron chi connectivity index (χ0n) is 19.6. The van der Waals surface area contributed by atoms with Crippen molar-refractivity contribution in [3.05, 3.63) is 53.6 Å². The Morgan fingerprint density at radius 3 is 2.70 bits per heavy atom. The van der Waals surface area contributed by atoms with E-state index in [0.29, 0.717) is 24.2 Å². The van der Waals surface area contributed by atoms with Gasteiger partial charge in [-0.05, 0) is 30.4 Å². The Morgan fingerprint density at radius 1 is 1.30 bits per heavy atom. The number of hydrogen-bond acceptors (Lipinski definition) is 7. The van der Waals surface area contributed by atoms with Crippen LogP contribution in [0.3, 0.4) is 0 Å². The second-order valence-corrected chi connectivity index (χ2v) is 9.72. The SMILES string of the molecule is CNC(=O)C1C=C(CC(=O)C(n2cc(CC(O)c3ccccn3)nn2)C(C)(C)C)CC(O)C1. The van der Waals surface area contributed by atoms with E-state index in [4.69, 9.17) is 0 Å². The molecular weight excluding hydrogens is 422 g/mol. The molecule has 3 N–H and O–H groups in total. The van der Waals surface area contributed by atoms with E-state index in [9.17, 15) is 19.8 Å². The van der Waals surface area contributed by atoms with Crippen LogP contribution in [0, 0.1) is 11.3 Å². The van der Waals surface area contributed by atoms with Gasteiger partial charge in [-0.15, -0.1) is 5.10 Å². The number of carbonyl (C=O) groups is 2. The maximum absolute atomic E-state index is 13.4. The van der Waals surface area contributed by atoms with Crippen molar-refractivity contribution in [2.24, 2.45) is 11.3 Å². The molecule has 2 aromatic rings. The molecule has 4 unspecified atom stereocenters. The molecule has 1 aliphatic carbocycles. The van der Waals surface area contributed by atoms with Gasteiger partial charge in [0.25, 0.3) is 0 Å². The van der Waals surface area contributed by atoms with E-state index in [2.05, 4.69) is 20.6 Å². The Balaban J connectivity index is 1.77. The topological polar surface area (TPSA) is 130 Å². The molecule has 0 saturated carbocycles. The minimum absolute atomic E-state index is 0.0692. The van der Waals surface area contributed by atoms with Crippen LogP contribution in [0.1, 0.15) is 63.6 Å². The molecule has 178 valence electrons. The average Bonchev–Trinajstić information content (AvgIpc) is 3.19. The highest BCUT2D eigenvalue weighted by Gasteiger charge is 2.35. The van der Waals surface area contributed by atoms with Crippen molar-refractivity contribution < 1.29 is 19.8 Å². The molecule has 1 amide bonds. The molecule has 0 aliphatic heterocycles. The summed E-state index contributed by atoms with van der Waals surface area (Å²) < 4.78 is 1.55. The fraction of sp³-hybridized carbons (Fsp3) is 0.542. The van der Waals surface area contributed by atoms with Gasteiger partial charge in [-0.1, -0.05) is 43.7 Å². The van der Waals surface area contributed by atoms with Gasteiger partial charge >= 0.3 is 0 Å². The minimum Gasteiger partial charge on any atom is -0.393 e. The summed E-state index contributed by atoms with van der Waals surface area (Å²) in [6, 6.07) is 4.74. The smallest absolute Gasteiger partial charge is 0.226 e. The number of nitrogens with one attached hydrogen (secondary N) is 1. The van der Waals surface area contributed by atoms with Crippen molar-refractivity contribution in [3.8, 4) is 0 Å². The molecule has 0 aromatic carbocycles. The molecule has 0 spiro atoms. The lowest BCUT2D eigenvalue weighted by molar-refractivity contribution is -0.126. The van der Waals surface area contributed by atoms with E-state index in [0.717, 1.165) is 5.57 Å². The van der Waals surface area contributed by atoms with Crippen LogP contribution in [-0.4, -0.2) is 55.0 Å². The Hall–Kier alpha value is -2.91. The number of pyridine rings is 1. The van der Waals surface area contributed by atoms with Gasteiger partial charge in [0, 0.05) is 32.3 Å². The fourth-order valence-electron chi connectivity index (χ4n) is 4.36. The van der Waals surface area contributed by atoms with E-state index in [1.807, 2.05) is 26.8 Å². The molecule has 1 aliphatic rings. The van der Waals surface area contributed by atoms with Crippen LogP contribution >= 0.6 is 0 Å². The summed E-state index contributed by atoms with van der Waals surface area (Å²) in [5.41, 5.74) is 1.41. The lowest BCUT2D eigenvalue weighted by atomic mass is 9.80. The number of Topliss-reactive ketones (excluding diaryl/α,β-unsaturated/α-hetero) is 1. The largest absolute Gasteiger partial charge is 0.393 e. The molecule has 0 radical (unpaired) electrons. The highest BCUT2D eigenvalue weighted by atomic mass is 16.3. The minimum atomic E-state index is -0.823. The molecule has 0 fully saturated rings. The van der Waals surface area contributed by atoms with Crippen LogP contribution in [0.25, 0.3) is 0 Å². The average molecular weight is 456 g/mol. The maximum atomic E-state index is 13.4. The van der Waals surface area contributed by atoms with Crippen molar-refractivity contribution in [2.75, 3.05) is 7.05 Å². The molecule has 0 saturated heterocycles. The number of nitrogens with zero attached hydrogens (tertiary/aromatic N) is 4. The monoisotopic (exact) mass is 455 g/mol. The summed E-state index contributed by atoms with van der Waals surface area (Å²) >= 11 is 0. The zero-order chi connectivity index (χ0) is 24.2. The van der Waals surface area contributed by atoms with Gasteiger partial charge in [0.15, 0.2) is 5.78 Å². The Labute approximate surface area is 193 Å². The van der Waals surface area contributed by atoms with Crippen molar-refractivity contribution in [1.82, 2.24) is 25.3 Å². The van der Waals surface area contributed by atoms with E-state index >= 15 is 0 Å². The van der Waals surface area contributed by atoms with Crippen molar-refractivity contribution >= 4 is 11.7 Å². The molecular formula is C24H33N5O4. The van der Waals surface area contributed by atoms with E-state index in [1.165, 1.54) is 0 Å². The Kier molecular flexibility index (Phi) is 7.76. The number of carbonyl (C=O) groups excluding carboxylic acids is 2. The zero-order valence-corrected chi connectivity index (χ0v) is 19.6. The van der Waals surface area contributed by atoms with Crippen molar-refractivity contribution in [2.45, 2.75) is 64.7 Å². The third-order valence-corrected chi connectivity index (χ3v) is 5.82. The maximum Gasteiger partial charge on any atom is 0.226 e. The van der Waals surface area contributed by atoms with Crippen LogP contribution in [0.15, 0.2) is 42.2 Å². The summed E-state index contributed by atoms with van der Waals surface area (Å²) in [4.78, 5) is 29.6. The van der Waals surface area contributed by atoms with Crippen LogP contribution in [-0.2, 0) is 16.0 Å². The lowest BCUT2D eigenvalue weighted by Crippen LogP contribution is -2.34. The van der Waals surface area contributed by atoms with E-state index in [-0.39, 0.29) is 24.5 Å². The molecule has 33 heavy (non-hydrogen) atoms. The van der Waals surface area contributed by atoms with Gasteiger partial charge in [-0.3, -0.25) is 14.6 Å². The number of aromatic nitrogens is 4. The first-order valence-corrected chi connectivity index (χ1v) is 11.2. The molecule has 2 aromatic heterocycles. The number of ketones is 1. The van der Waals surface area contributed by atoms with Crippen LogP contribution in [0.5, 0.6) is 0 Å². The summed E-state index contributed by atoms with van der Waals surface area (Å²) in [5.74, 6) is -0.681. The standard InChI is InChI=1S/C24H33N5O4/c1-24(2,3)22(21(32)11-15-9-16(23(33)25-4)12-18(30)10-15)29-14-17(27-28-29)13-20(31)19-7-5-6-8-26-19/h5-9,14,16,18,20,22,30-31H,10-13H2,1-4H3,(H,25,33). The number of amides is 1. The number of aliphatic hydroxyl groups is 2. The molecule has 9 nitrogen and oxygen atoms in total. The first-order chi connectivity index (χ1) is 15.6. The quantitative estimate of drug-likeness (QED) is 0.519. The summed E-state index contributed by atoms with van der Waals surface area (Å²) in [6.07, 6.45) is 4.71. The summed E-state index contributed by atoms with van der Waals surface area (Å²) in [7, 11) is 1.56. The molecule has 4 atom stereocenters. The highest BCUT2D eigenvalue weighted by Crippen LogP contribution is 2.35. The van der Waals surface area contributed by atoms with Gasteiger partial charge in [-0.25, -0.2) is 4.68 Å². The van der Waals surface area contributed by atoms with Crippen LogP contribution < -0.4 is 5.32 Å². The highest BCUT2D eigenvalue weighted by molar-refractivity contribution is 5.86.